The van der Waals surface area contributed by atoms with Gasteiger partial charge in [0.05, 0.1) is 17.4 Å². The summed E-state index contributed by atoms with van der Waals surface area (Å²) in [5, 5.41) is 0.381. The van der Waals surface area contributed by atoms with Crippen molar-refractivity contribution in [1.29, 1.82) is 0 Å². The maximum Gasteiger partial charge on any atom is 0.243 e. The standard InChI is InChI=1S/C16H21ClN2O4S/c1-23-8-7-19-14-6-5-12(16(19)20)10-18(11-14)24(21,22)15-4-2-3-13(17)9-15/h2-4,9,12,14H,5-8,10-11H2,1H3/t12-,14+/m0/s1. The van der Waals surface area contributed by atoms with E-state index in [4.69, 9.17) is 16.3 Å². The summed E-state index contributed by atoms with van der Waals surface area (Å²) in [6, 6.07) is 6.16. The van der Waals surface area contributed by atoms with Crippen LogP contribution in [0.15, 0.2) is 29.2 Å². The average Bonchev–Trinajstić information content (AvgIpc) is 2.85. The predicted octanol–water partition coefficient (Wildman–Crippen LogP) is 1.60. The van der Waals surface area contributed by atoms with Gasteiger partial charge in [-0.2, -0.15) is 4.31 Å². The lowest BCUT2D eigenvalue weighted by Gasteiger charge is -2.35. The summed E-state index contributed by atoms with van der Waals surface area (Å²) >= 11 is 5.94. The van der Waals surface area contributed by atoms with Gasteiger partial charge in [0.1, 0.15) is 0 Å². The molecule has 2 atom stereocenters. The normalized spacial score (nSPS) is 25.1. The Morgan fingerprint density at radius 2 is 2.08 bits per heavy atom. The van der Waals surface area contributed by atoms with E-state index in [2.05, 4.69) is 0 Å². The quantitative estimate of drug-likeness (QED) is 0.787. The maximum atomic E-state index is 13.0. The fraction of sp³-hybridized carbons (Fsp3) is 0.562. The van der Waals surface area contributed by atoms with Crippen molar-refractivity contribution in [2.45, 2.75) is 23.8 Å². The van der Waals surface area contributed by atoms with E-state index in [-0.39, 0.29) is 29.3 Å². The molecule has 2 bridgehead atoms. The van der Waals surface area contributed by atoms with Crippen molar-refractivity contribution in [2.75, 3.05) is 33.4 Å². The minimum Gasteiger partial charge on any atom is -0.383 e. The number of hydrogen-bond acceptors (Lipinski definition) is 4. The fourth-order valence-corrected chi connectivity index (χ4v) is 5.28. The molecule has 0 saturated carbocycles. The number of piperidine rings is 1. The van der Waals surface area contributed by atoms with Crippen LogP contribution in [0.25, 0.3) is 0 Å². The van der Waals surface area contributed by atoms with Crippen LogP contribution in [-0.4, -0.2) is 62.9 Å². The third-order valence-electron chi connectivity index (χ3n) is 4.73. The fourth-order valence-electron chi connectivity index (χ4n) is 3.46. The number of methoxy groups -OCH3 is 1. The summed E-state index contributed by atoms with van der Waals surface area (Å²) in [6.45, 7) is 1.51. The van der Waals surface area contributed by atoms with E-state index in [0.29, 0.717) is 24.7 Å². The molecule has 0 N–H and O–H groups in total. The molecule has 0 radical (unpaired) electrons. The summed E-state index contributed by atoms with van der Waals surface area (Å²) < 4.78 is 32.4. The smallest absolute Gasteiger partial charge is 0.243 e. The van der Waals surface area contributed by atoms with Crippen molar-refractivity contribution in [3.8, 4) is 0 Å². The number of amides is 1. The van der Waals surface area contributed by atoms with Gasteiger partial charge in [-0.25, -0.2) is 8.42 Å². The van der Waals surface area contributed by atoms with Gasteiger partial charge < -0.3 is 9.64 Å². The zero-order valence-electron chi connectivity index (χ0n) is 13.5. The van der Waals surface area contributed by atoms with Gasteiger partial charge in [0.25, 0.3) is 0 Å². The summed E-state index contributed by atoms with van der Waals surface area (Å²) in [5.74, 6) is -0.248. The third-order valence-corrected chi connectivity index (χ3v) is 6.79. The van der Waals surface area contributed by atoms with Crippen molar-refractivity contribution < 1.29 is 17.9 Å². The van der Waals surface area contributed by atoms with Crippen molar-refractivity contribution in [3.63, 3.8) is 0 Å². The number of ether oxygens (including phenoxy) is 1. The summed E-state index contributed by atoms with van der Waals surface area (Å²) in [5.41, 5.74) is 0. The van der Waals surface area contributed by atoms with Crippen LogP contribution in [-0.2, 0) is 19.6 Å². The highest BCUT2D eigenvalue weighted by molar-refractivity contribution is 7.89. The Morgan fingerprint density at radius 3 is 2.79 bits per heavy atom. The van der Waals surface area contributed by atoms with Gasteiger partial charge in [-0.1, -0.05) is 17.7 Å². The number of sulfonamides is 1. The summed E-state index contributed by atoms with van der Waals surface area (Å²) in [6.07, 6.45) is 1.55. The van der Waals surface area contributed by atoms with Crippen LogP contribution in [0.4, 0.5) is 0 Å². The van der Waals surface area contributed by atoms with Gasteiger partial charge in [-0.15, -0.1) is 0 Å². The molecule has 3 saturated heterocycles. The van der Waals surface area contributed by atoms with E-state index in [0.717, 1.165) is 12.8 Å². The molecule has 3 heterocycles. The van der Waals surface area contributed by atoms with Gasteiger partial charge >= 0.3 is 0 Å². The minimum atomic E-state index is -3.66. The third kappa shape index (κ3) is 3.31. The van der Waals surface area contributed by atoms with Gasteiger partial charge in [0, 0.05) is 37.8 Å². The molecule has 0 spiro atoms. The van der Waals surface area contributed by atoms with Crippen LogP contribution in [0.1, 0.15) is 12.8 Å². The van der Waals surface area contributed by atoms with E-state index in [1.807, 2.05) is 0 Å². The first kappa shape index (κ1) is 17.7. The molecule has 6 nitrogen and oxygen atoms in total. The van der Waals surface area contributed by atoms with E-state index in [1.54, 1.807) is 30.2 Å². The SMILES string of the molecule is COCCN1C(=O)[C@H]2CC[C@@H]1CN(S(=O)(=O)c1cccc(Cl)c1)C2. The number of hydrogen-bond donors (Lipinski definition) is 0. The first-order valence-electron chi connectivity index (χ1n) is 7.98. The zero-order valence-corrected chi connectivity index (χ0v) is 15.1. The Bertz CT molecular complexity index is 725. The number of fused-ring (bicyclic) bond motifs is 4. The monoisotopic (exact) mass is 372 g/mol. The summed E-state index contributed by atoms with van der Waals surface area (Å²) in [7, 11) is -2.07. The first-order valence-corrected chi connectivity index (χ1v) is 9.80. The van der Waals surface area contributed by atoms with Crippen LogP contribution in [0.5, 0.6) is 0 Å². The lowest BCUT2D eigenvalue weighted by Crippen LogP contribution is -2.49. The van der Waals surface area contributed by atoms with Crippen molar-refractivity contribution in [1.82, 2.24) is 9.21 Å². The van der Waals surface area contributed by atoms with Gasteiger partial charge in [0.2, 0.25) is 15.9 Å². The zero-order chi connectivity index (χ0) is 17.3. The molecule has 3 aliphatic heterocycles. The van der Waals surface area contributed by atoms with E-state index in [1.165, 1.54) is 10.4 Å². The molecule has 24 heavy (non-hydrogen) atoms. The number of rotatable bonds is 5. The molecular formula is C16H21ClN2O4S. The van der Waals surface area contributed by atoms with Crippen LogP contribution < -0.4 is 0 Å². The van der Waals surface area contributed by atoms with Gasteiger partial charge in [-0.05, 0) is 31.0 Å². The predicted molar refractivity (Wildman–Crippen MR) is 90.3 cm³/mol. The van der Waals surface area contributed by atoms with E-state index < -0.39 is 10.0 Å². The number of halogens is 1. The Kier molecular flexibility index (Phi) is 5.15. The van der Waals surface area contributed by atoms with Crippen molar-refractivity contribution in [2.24, 2.45) is 5.92 Å². The molecule has 8 heteroatoms. The maximum absolute atomic E-state index is 13.0. The first-order chi connectivity index (χ1) is 11.4. The molecule has 1 aromatic rings. The highest BCUT2D eigenvalue weighted by atomic mass is 35.5. The van der Waals surface area contributed by atoms with Gasteiger partial charge in [-0.3, -0.25) is 4.79 Å². The molecule has 4 rings (SSSR count). The van der Waals surface area contributed by atoms with Crippen LogP contribution in [0.2, 0.25) is 5.02 Å². The molecular weight excluding hydrogens is 352 g/mol. The van der Waals surface area contributed by atoms with Crippen LogP contribution in [0.3, 0.4) is 0 Å². The average molecular weight is 373 g/mol. The highest BCUT2D eigenvalue weighted by Gasteiger charge is 2.43. The van der Waals surface area contributed by atoms with Crippen molar-refractivity contribution >= 4 is 27.5 Å². The Morgan fingerprint density at radius 1 is 1.29 bits per heavy atom. The number of nitrogens with zero attached hydrogens (tertiary/aromatic N) is 2. The Hall–Kier alpha value is -1.15. The minimum absolute atomic E-state index is 0.0343. The lowest BCUT2D eigenvalue weighted by molar-refractivity contribution is -0.140. The molecule has 3 aliphatic rings. The van der Waals surface area contributed by atoms with Crippen molar-refractivity contribution in [3.05, 3.63) is 29.3 Å². The van der Waals surface area contributed by atoms with Crippen LogP contribution >= 0.6 is 11.6 Å². The van der Waals surface area contributed by atoms with Gasteiger partial charge in [0.15, 0.2) is 0 Å². The van der Waals surface area contributed by atoms with E-state index >= 15 is 0 Å². The largest absolute Gasteiger partial charge is 0.383 e. The molecule has 3 fully saturated rings. The number of benzene rings is 1. The second kappa shape index (κ2) is 7.00. The number of carbonyl (C=O) groups is 1. The molecule has 0 unspecified atom stereocenters. The second-order valence-corrected chi connectivity index (χ2v) is 8.61. The second-order valence-electron chi connectivity index (χ2n) is 6.23. The van der Waals surface area contributed by atoms with E-state index in [9.17, 15) is 13.2 Å². The summed E-state index contributed by atoms with van der Waals surface area (Å²) in [4.78, 5) is 14.6. The van der Waals surface area contributed by atoms with Crippen LogP contribution in [0, 0.1) is 5.92 Å². The number of carbonyl (C=O) groups excluding carboxylic acids is 1. The highest BCUT2D eigenvalue weighted by Crippen LogP contribution is 2.32. The lowest BCUT2D eigenvalue weighted by atomic mass is 9.94. The molecule has 1 amide bonds. The topological polar surface area (TPSA) is 66.9 Å². The molecule has 132 valence electrons. The molecule has 1 aromatic carbocycles. The molecule has 0 aliphatic carbocycles. The Labute approximate surface area is 147 Å². The Balaban J connectivity index is 1.87. The molecule has 0 aromatic heterocycles.